The summed E-state index contributed by atoms with van der Waals surface area (Å²) in [7, 11) is 3.20. The standard InChI is InChI=1S/C30H30N4O6/c1-37-27-13-5-3-9-23(27)11-7-19-31-33-29(35)21-39-25-15-17-26(18-16-25)40-22-30(36)34-32-20-8-12-24-10-4-6-14-28(24)38-2/h3-20H,21-22H2,1-2H3,(H,33,35)(H,34,36)/b11-7+,12-8+,31-19+,32-20+. The summed E-state index contributed by atoms with van der Waals surface area (Å²) in [5.41, 5.74) is 6.55. The molecule has 2 N–H and O–H groups in total. The average Bonchev–Trinajstić information content (AvgIpc) is 2.99. The Morgan fingerprint density at radius 1 is 0.650 bits per heavy atom. The zero-order chi connectivity index (χ0) is 28.4. The van der Waals surface area contributed by atoms with Crippen LogP contribution in [0.5, 0.6) is 23.0 Å². The normalized spacial score (nSPS) is 11.2. The van der Waals surface area contributed by atoms with Gasteiger partial charge in [0, 0.05) is 23.6 Å². The van der Waals surface area contributed by atoms with Crippen LogP contribution in [0.2, 0.25) is 0 Å². The van der Waals surface area contributed by atoms with Gasteiger partial charge in [0.15, 0.2) is 13.2 Å². The predicted octanol–water partition coefficient (Wildman–Crippen LogP) is 4.09. The van der Waals surface area contributed by atoms with Gasteiger partial charge in [-0.25, -0.2) is 10.9 Å². The third-order valence-electron chi connectivity index (χ3n) is 5.09. The van der Waals surface area contributed by atoms with E-state index in [2.05, 4.69) is 21.1 Å². The van der Waals surface area contributed by atoms with Crippen LogP contribution in [0, 0.1) is 0 Å². The molecule has 0 heterocycles. The lowest BCUT2D eigenvalue weighted by Gasteiger charge is -2.07. The van der Waals surface area contributed by atoms with Gasteiger partial charge >= 0.3 is 0 Å². The minimum atomic E-state index is -0.419. The molecule has 0 fully saturated rings. The van der Waals surface area contributed by atoms with Crippen molar-refractivity contribution in [1.29, 1.82) is 0 Å². The number of hydrogen-bond donors (Lipinski definition) is 2. The Hall–Kier alpha value is -5.38. The number of hydrazone groups is 2. The van der Waals surface area contributed by atoms with Crippen LogP contribution in [0.15, 0.2) is 95.2 Å². The maximum atomic E-state index is 11.9. The third-order valence-corrected chi connectivity index (χ3v) is 5.09. The first kappa shape index (κ1) is 29.2. The van der Waals surface area contributed by atoms with Crippen molar-refractivity contribution in [3.8, 4) is 23.0 Å². The Morgan fingerprint density at radius 3 is 1.45 bits per heavy atom. The van der Waals surface area contributed by atoms with Crippen LogP contribution in [0.1, 0.15) is 11.1 Å². The first-order chi connectivity index (χ1) is 19.6. The van der Waals surface area contributed by atoms with Crippen molar-refractivity contribution < 1.29 is 28.5 Å². The average molecular weight is 543 g/mol. The van der Waals surface area contributed by atoms with Gasteiger partial charge in [0.1, 0.15) is 23.0 Å². The summed E-state index contributed by atoms with van der Waals surface area (Å²) in [5.74, 6) is 1.55. The molecule has 10 nitrogen and oxygen atoms in total. The van der Waals surface area contributed by atoms with E-state index in [1.165, 1.54) is 12.4 Å². The molecule has 2 amide bonds. The van der Waals surface area contributed by atoms with Gasteiger partial charge in [-0.3, -0.25) is 9.59 Å². The van der Waals surface area contributed by atoms with Crippen LogP contribution < -0.4 is 29.8 Å². The summed E-state index contributed by atoms with van der Waals surface area (Å²) in [4.78, 5) is 23.9. The molecule has 0 aliphatic rings. The van der Waals surface area contributed by atoms with Crippen molar-refractivity contribution in [3.63, 3.8) is 0 Å². The fraction of sp³-hybridized carbons (Fsp3) is 0.133. The second-order valence-corrected chi connectivity index (χ2v) is 7.88. The number of nitrogens with zero attached hydrogens (tertiary/aromatic N) is 2. The maximum Gasteiger partial charge on any atom is 0.277 e. The van der Waals surface area contributed by atoms with Crippen molar-refractivity contribution in [3.05, 3.63) is 96.1 Å². The molecular weight excluding hydrogens is 512 g/mol. The minimum absolute atomic E-state index is 0.223. The summed E-state index contributed by atoms with van der Waals surface area (Å²) >= 11 is 0. The number of hydrogen-bond acceptors (Lipinski definition) is 8. The Kier molecular flexibility index (Phi) is 12.0. The fourth-order valence-corrected chi connectivity index (χ4v) is 3.20. The lowest BCUT2D eigenvalue weighted by Crippen LogP contribution is -2.24. The first-order valence-corrected chi connectivity index (χ1v) is 12.2. The molecule has 0 aromatic heterocycles. The number of amides is 2. The Balaban J connectivity index is 1.32. The van der Waals surface area contributed by atoms with Crippen LogP contribution >= 0.6 is 0 Å². The molecule has 0 aliphatic carbocycles. The Bertz CT molecular complexity index is 1260. The van der Waals surface area contributed by atoms with Crippen LogP contribution in [-0.2, 0) is 9.59 Å². The summed E-state index contributed by atoms with van der Waals surface area (Å²) < 4.78 is 21.4. The maximum absolute atomic E-state index is 11.9. The Morgan fingerprint density at radius 2 is 1.05 bits per heavy atom. The van der Waals surface area contributed by atoms with Crippen molar-refractivity contribution in [2.24, 2.45) is 10.2 Å². The first-order valence-electron chi connectivity index (χ1n) is 12.2. The quantitative estimate of drug-likeness (QED) is 0.234. The molecule has 0 spiro atoms. The SMILES string of the molecule is COc1ccccc1/C=C/C=N/NC(=O)COc1ccc(OCC(=O)N/N=C/C=C/c2ccccc2OC)cc1. The molecule has 0 radical (unpaired) electrons. The number of rotatable bonds is 14. The van der Waals surface area contributed by atoms with Gasteiger partial charge < -0.3 is 18.9 Å². The van der Waals surface area contributed by atoms with Crippen molar-refractivity contribution >= 4 is 36.4 Å². The molecule has 3 aromatic carbocycles. The zero-order valence-electron chi connectivity index (χ0n) is 22.2. The van der Waals surface area contributed by atoms with Crippen LogP contribution in [0.25, 0.3) is 12.2 Å². The molecule has 0 aliphatic heterocycles. The van der Waals surface area contributed by atoms with Crippen LogP contribution in [-0.4, -0.2) is 51.7 Å². The number of benzene rings is 3. The molecule has 206 valence electrons. The van der Waals surface area contributed by atoms with Gasteiger partial charge in [-0.2, -0.15) is 10.2 Å². The van der Waals surface area contributed by atoms with Gasteiger partial charge in [0.2, 0.25) is 0 Å². The topological polar surface area (TPSA) is 120 Å². The van der Waals surface area contributed by atoms with E-state index in [1.807, 2.05) is 60.7 Å². The van der Waals surface area contributed by atoms with E-state index in [9.17, 15) is 9.59 Å². The van der Waals surface area contributed by atoms with E-state index in [0.717, 1.165) is 22.6 Å². The number of ether oxygens (including phenoxy) is 4. The fourth-order valence-electron chi connectivity index (χ4n) is 3.20. The number of methoxy groups -OCH3 is 2. The van der Waals surface area contributed by atoms with E-state index >= 15 is 0 Å². The lowest BCUT2D eigenvalue weighted by molar-refractivity contribution is -0.123. The van der Waals surface area contributed by atoms with E-state index in [0.29, 0.717) is 11.5 Å². The van der Waals surface area contributed by atoms with Crippen molar-refractivity contribution in [2.75, 3.05) is 27.4 Å². The lowest BCUT2D eigenvalue weighted by atomic mass is 10.2. The second-order valence-electron chi connectivity index (χ2n) is 7.88. The van der Waals surface area contributed by atoms with Crippen LogP contribution in [0.3, 0.4) is 0 Å². The monoisotopic (exact) mass is 542 g/mol. The third kappa shape index (κ3) is 10.2. The van der Waals surface area contributed by atoms with Gasteiger partial charge in [-0.1, -0.05) is 36.4 Å². The van der Waals surface area contributed by atoms with Crippen molar-refractivity contribution in [2.45, 2.75) is 0 Å². The number of para-hydroxylation sites is 2. The second kappa shape index (κ2) is 16.5. The van der Waals surface area contributed by atoms with Gasteiger partial charge in [-0.15, -0.1) is 0 Å². The van der Waals surface area contributed by atoms with E-state index in [4.69, 9.17) is 18.9 Å². The zero-order valence-corrected chi connectivity index (χ0v) is 22.2. The summed E-state index contributed by atoms with van der Waals surface area (Å²) in [6, 6.07) is 21.6. The smallest absolute Gasteiger partial charge is 0.277 e. The molecule has 0 unspecified atom stereocenters. The highest BCUT2D eigenvalue weighted by Gasteiger charge is 2.04. The Labute approximate surface area is 232 Å². The van der Waals surface area contributed by atoms with Gasteiger partial charge in [0.25, 0.3) is 11.8 Å². The molecule has 40 heavy (non-hydrogen) atoms. The molecule has 3 aromatic rings. The minimum Gasteiger partial charge on any atom is -0.496 e. The molecule has 3 rings (SSSR count). The molecule has 0 saturated heterocycles. The summed E-state index contributed by atoms with van der Waals surface area (Å²) in [6.07, 6.45) is 9.91. The molecule has 0 bridgehead atoms. The summed E-state index contributed by atoms with van der Waals surface area (Å²) in [5, 5.41) is 7.71. The van der Waals surface area contributed by atoms with Crippen molar-refractivity contribution in [1.82, 2.24) is 10.9 Å². The largest absolute Gasteiger partial charge is 0.496 e. The predicted molar refractivity (Wildman–Crippen MR) is 155 cm³/mol. The highest BCUT2D eigenvalue weighted by atomic mass is 16.5. The molecular formula is C30H30N4O6. The van der Waals surface area contributed by atoms with Crippen LogP contribution in [0.4, 0.5) is 0 Å². The number of carbonyl (C=O) groups is 2. The molecule has 10 heteroatoms. The van der Waals surface area contributed by atoms with E-state index in [1.54, 1.807) is 50.6 Å². The van der Waals surface area contributed by atoms with E-state index in [-0.39, 0.29) is 13.2 Å². The molecule has 0 saturated carbocycles. The highest BCUT2D eigenvalue weighted by Crippen LogP contribution is 2.19. The molecule has 0 atom stereocenters. The van der Waals surface area contributed by atoms with E-state index < -0.39 is 11.8 Å². The van der Waals surface area contributed by atoms with Gasteiger partial charge in [0.05, 0.1) is 14.2 Å². The summed E-state index contributed by atoms with van der Waals surface area (Å²) in [6.45, 7) is -0.445. The number of carbonyl (C=O) groups excluding carboxylic acids is 2. The highest BCUT2D eigenvalue weighted by molar-refractivity contribution is 5.83. The van der Waals surface area contributed by atoms with Gasteiger partial charge in [-0.05, 0) is 60.7 Å². The number of nitrogens with one attached hydrogen (secondary N) is 2. The number of allylic oxidation sites excluding steroid dienone is 2.